The van der Waals surface area contributed by atoms with Gasteiger partial charge in [0.1, 0.15) is 28.7 Å². The first-order chi connectivity index (χ1) is 18.2. The predicted octanol–water partition coefficient (Wildman–Crippen LogP) is 7.95. The van der Waals surface area contributed by atoms with Crippen LogP contribution in [-0.2, 0) is 25.7 Å². The quantitative estimate of drug-likeness (QED) is 0.139. The van der Waals surface area contributed by atoms with E-state index in [4.69, 9.17) is 0 Å². The van der Waals surface area contributed by atoms with Crippen LogP contribution in [0.2, 0.25) is 0 Å². The molecule has 0 unspecified atom stereocenters. The number of benzene rings is 3. The van der Waals surface area contributed by atoms with E-state index >= 15 is 0 Å². The molecule has 0 aliphatic rings. The fourth-order valence-electron chi connectivity index (χ4n) is 5.13. The zero-order valence-electron chi connectivity index (χ0n) is 23.2. The van der Waals surface area contributed by atoms with Crippen LogP contribution < -0.4 is 0 Å². The van der Waals surface area contributed by atoms with Crippen LogP contribution in [-0.4, -0.2) is 25.5 Å². The van der Waals surface area contributed by atoms with Crippen molar-refractivity contribution in [1.29, 1.82) is 0 Å². The van der Waals surface area contributed by atoms with Crippen molar-refractivity contribution in [1.82, 2.24) is 0 Å². The molecule has 5 nitrogen and oxygen atoms in total. The van der Waals surface area contributed by atoms with Crippen molar-refractivity contribution >= 4 is 0 Å². The van der Waals surface area contributed by atoms with E-state index in [1.807, 2.05) is 31.2 Å². The molecule has 0 saturated carbocycles. The minimum absolute atomic E-state index is 0.00570. The topological polar surface area (TPSA) is 101 Å². The molecule has 3 aromatic rings. The summed E-state index contributed by atoms with van der Waals surface area (Å²) in [7, 11) is 0. The van der Waals surface area contributed by atoms with Crippen LogP contribution in [0.5, 0.6) is 28.7 Å². The zero-order valence-corrected chi connectivity index (χ0v) is 23.2. The van der Waals surface area contributed by atoms with Crippen LogP contribution in [0.1, 0.15) is 104 Å². The fraction of sp³-hybridized carbons (Fsp3) is 0.455. The highest BCUT2D eigenvalue weighted by Crippen LogP contribution is 2.36. The Morgan fingerprint density at radius 2 is 0.842 bits per heavy atom. The van der Waals surface area contributed by atoms with Gasteiger partial charge in [-0.1, -0.05) is 70.1 Å². The van der Waals surface area contributed by atoms with Crippen molar-refractivity contribution in [3.63, 3.8) is 0 Å². The predicted molar refractivity (Wildman–Crippen MR) is 154 cm³/mol. The maximum absolute atomic E-state index is 11.2. The van der Waals surface area contributed by atoms with E-state index in [1.54, 1.807) is 0 Å². The summed E-state index contributed by atoms with van der Waals surface area (Å²) < 4.78 is 0. The molecule has 0 aliphatic carbocycles. The molecule has 3 aromatic carbocycles. The lowest BCUT2D eigenvalue weighted by Crippen LogP contribution is -1.99. The van der Waals surface area contributed by atoms with Crippen molar-refractivity contribution in [3.05, 3.63) is 75.3 Å². The number of rotatable bonds is 14. The molecule has 0 fully saturated rings. The van der Waals surface area contributed by atoms with Crippen LogP contribution >= 0.6 is 0 Å². The Bertz CT molecular complexity index is 1120. The van der Waals surface area contributed by atoms with E-state index in [9.17, 15) is 25.5 Å². The third-order valence-electron chi connectivity index (χ3n) is 7.33. The van der Waals surface area contributed by atoms with Crippen molar-refractivity contribution < 1.29 is 25.5 Å². The average Bonchev–Trinajstić information content (AvgIpc) is 2.87. The molecule has 5 heteroatoms. The Morgan fingerprint density at radius 3 is 1.24 bits per heavy atom. The van der Waals surface area contributed by atoms with Gasteiger partial charge in [-0.3, -0.25) is 0 Å². The highest BCUT2D eigenvalue weighted by molar-refractivity contribution is 5.53. The highest BCUT2D eigenvalue weighted by Gasteiger charge is 2.17. The van der Waals surface area contributed by atoms with Gasteiger partial charge in [0.05, 0.1) is 0 Å². The second-order valence-corrected chi connectivity index (χ2v) is 10.6. The first-order valence-corrected chi connectivity index (χ1v) is 14.1. The lowest BCUT2D eigenvalue weighted by atomic mass is 9.92. The van der Waals surface area contributed by atoms with Crippen molar-refractivity contribution in [2.45, 2.75) is 97.8 Å². The molecule has 5 N–H and O–H groups in total. The van der Waals surface area contributed by atoms with Crippen LogP contribution in [0.15, 0.2) is 36.4 Å². The number of hydrogen-bond donors (Lipinski definition) is 5. The van der Waals surface area contributed by atoms with Gasteiger partial charge in [0.15, 0.2) is 0 Å². The third kappa shape index (κ3) is 7.83. The average molecular weight is 521 g/mol. The summed E-state index contributed by atoms with van der Waals surface area (Å²) in [5, 5.41) is 53.0. The maximum atomic E-state index is 11.2. The molecule has 0 atom stereocenters. The van der Waals surface area contributed by atoms with Crippen LogP contribution in [0.4, 0.5) is 0 Å². The Kier molecular flexibility index (Phi) is 10.8. The van der Waals surface area contributed by atoms with E-state index in [2.05, 4.69) is 13.8 Å². The molecule has 0 heterocycles. The molecule has 0 bridgehead atoms. The minimum atomic E-state index is 0.00570. The van der Waals surface area contributed by atoms with Gasteiger partial charge in [-0.05, 0) is 78.1 Å². The van der Waals surface area contributed by atoms with E-state index in [0.717, 1.165) is 80.9 Å². The smallest absolute Gasteiger partial charge is 0.122 e. The number of aryl methyl sites for hydroxylation is 3. The second kappa shape index (κ2) is 14.0. The first-order valence-electron chi connectivity index (χ1n) is 14.1. The van der Waals surface area contributed by atoms with Crippen LogP contribution in [0.25, 0.3) is 0 Å². The summed E-state index contributed by atoms with van der Waals surface area (Å²) in [6, 6.07) is 10.3. The van der Waals surface area contributed by atoms with E-state index in [0.29, 0.717) is 35.1 Å². The normalized spacial score (nSPS) is 11.2. The second-order valence-electron chi connectivity index (χ2n) is 10.6. The summed E-state index contributed by atoms with van der Waals surface area (Å²) in [5.41, 5.74) is 5.24. The van der Waals surface area contributed by atoms with Crippen LogP contribution in [0, 0.1) is 6.92 Å². The van der Waals surface area contributed by atoms with Crippen molar-refractivity contribution in [3.8, 4) is 28.7 Å². The molecule has 206 valence electrons. The summed E-state index contributed by atoms with van der Waals surface area (Å²) in [4.78, 5) is 0. The molecule has 0 aliphatic heterocycles. The highest BCUT2D eigenvalue weighted by atomic mass is 16.3. The number of aromatic hydroxyl groups is 5. The van der Waals surface area contributed by atoms with Gasteiger partial charge in [0, 0.05) is 25.0 Å². The van der Waals surface area contributed by atoms with E-state index < -0.39 is 0 Å². The van der Waals surface area contributed by atoms with Gasteiger partial charge < -0.3 is 25.5 Å². The minimum Gasteiger partial charge on any atom is -0.508 e. The first kappa shape index (κ1) is 29.2. The molecular weight excluding hydrogens is 476 g/mol. The van der Waals surface area contributed by atoms with Gasteiger partial charge in [-0.2, -0.15) is 0 Å². The lowest BCUT2D eigenvalue weighted by Gasteiger charge is -2.16. The van der Waals surface area contributed by atoms with Gasteiger partial charge in [0.25, 0.3) is 0 Å². The molecule has 38 heavy (non-hydrogen) atoms. The largest absolute Gasteiger partial charge is 0.508 e. The number of unbranched alkanes of at least 4 members (excludes halogenated alkanes) is 6. The molecule has 0 radical (unpaired) electrons. The summed E-state index contributed by atoms with van der Waals surface area (Å²) >= 11 is 0. The number of hydrogen-bond acceptors (Lipinski definition) is 5. The molecular formula is C33H44O5. The Balaban J connectivity index is 1.84. The van der Waals surface area contributed by atoms with Gasteiger partial charge in [0.2, 0.25) is 0 Å². The van der Waals surface area contributed by atoms with Crippen molar-refractivity contribution in [2.24, 2.45) is 0 Å². The fourth-order valence-corrected chi connectivity index (χ4v) is 5.13. The van der Waals surface area contributed by atoms with Crippen molar-refractivity contribution in [2.75, 3.05) is 0 Å². The van der Waals surface area contributed by atoms with Gasteiger partial charge in [-0.25, -0.2) is 0 Å². The summed E-state index contributed by atoms with van der Waals surface area (Å²) in [6.07, 6.45) is 10.9. The number of phenols is 5. The third-order valence-corrected chi connectivity index (χ3v) is 7.33. The molecule has 0 saturated heterocycles. The standard InChI is InChI=1S/C33H44O5/c1-4-6-8-10-12-23-16-25(31(36)20-29(23)34)18-27-14-22(3)15-28(33(27)38)19-26-17-24(13-11-9-7-5-2)30(35)21-32(26)37/h14-17,20-21,34-38H,4-13,18-19H2,1-3H3. The van der Waals surface area contributed by atoms with Gasteiger partial charge in [-0.15, -0.1) is 0 Å². The summed E-state index contributed by atoms with van der Waals surface area (Å²) in [6.45, 7) is 6.28. The van der Waals surface area contributed by atoms with E-state index in [-0.39, 0.29) is 28.7 Å². The lowest BCUT2D eigenvalue weighted by molar-refractivity contribution is 0.440. The Hall–Kier alpha value is -3.34. The van der Waals surface area contributed by atoms with Crippen LogP contribution in [0.3, 0.4) is 0 Å². The summed E-state index contributed by atoms with van der Waals surface area (Å²) in [5.74, 6) is 0.345. The monoisotopic (exact) mass is 520 g/mol. The molecule has 0 spiro atoms. The SMILES string of the molecule is CCCCCCc1cc(Cc2cc(C)cc(Cc3cc(CCCCCC)c(O)cc3O)c2O)c(O)cc1O. The molecule has 0 amide bonds. The van der Waals surface area contributed by atoms with Gasteiger partial charge >= 0.3 is 0 Å². The Morgan fingerprint density at radius 1 is 0.447 bits per heavy atom. The maximum Gasteiger partial charge on any atom is 0.122 e. The van der Waals surface area contributed by atoms with E-state index in [1.165, 1.54) is 12.1 Å². The molecule has 0 aromatic heterocycles. The zero-order chi connectivity index (χ0) is 27.7. The number of phenolic OH excluding ortho intramolecular Hbond substituents is 5. The molecule has 3 rings (SSSR count). The Labute approximate surface area is 227 Å².